The van der Waals surface area contributed by atoms with E-state index in [0.29, 0.717) is 26.2 Å². The lowest BCUT2D eigenvalue weighted by Crippen LogP contribution is -2.52. The first-order valence-electron chi connectivity index (χ1n) is 9.11. The van der Waals surface area contributed by atoms with Crippen LogP contribution in [-0.4, -0.2) is 48.1 Å². The van der Waals surface area contributed by atoms with Gasteiger partial charge >= 0.3 is 6.18 Å². The second kappa shape index (κ2) is 8.51. The van der Waals surface area contributed by atoms with Crippen molar-refractivity contribution in [1.82, 2.24) is 4.90 Å². The zero-order valence-corrected chi connectivity index (χ0v) is 16.5. The predicted molar refractivity (Wildman–Crippen MR) is 106 cm³/mol. The number of aromatic hydroxyl groups is 1. The van der Waals surface area contributed by atoms with Gasteiger partial charge in [-0.1, -0.05) is 11.6 Å². The minimum absolute atomic E-state index is 0.0568. The molecule has 5 nitrogen and oxygen atoms in total. The SMILES string of the molecule is CC(C(=O)Nc1ccc(Cl)c(C(F)(F)F)c1)N1CCN(c2ccc(O)cc2)CC1. The summed E-state index contributed by atoms with van der Waals surface area (Å²) < 4.78 is 39.0. The van der Waals surface area contributed by atoms with Gasteiger partial charge in [0.15, 0.2) is 0 Å². The van der Waals surface area contributed by atoms with Gasteiger partial charge in [0.1, 0.15) is 5.75 Å². The Balaban J connectivity index is 1.59. The van der Waals surface area contributed by atoms with Crippen LogP contribution in [0.5, 0.6) is 5.75 Å². The highest BCUT2D eigenvalue weighted by Crippen LogP contribution is 2.36. The summed E-state index contributed by atoms with van der Waals surface area (Å²) >= 11 is 5.62. The van der Waals surface area contributed by atoms with Gasteiger partial charge in [-0.05, 0) is 49.4 Å². The number of phenols is 1. The summed E-state index contributed by atoms with van der Waals surface area (Å²) in [4.78, 5) is 16.7. The maximum Gasteiger partial charge on any atom is 0.417 e. The van der Waals surface area contributed by atoms with E-state index in [4.69, 9.17) is 11.6 Å². The van der Waals surface area contributed by atoms with E-state index in [1.807, 2.05) is 17.0 Å². The highest BCUT2D eigenvalue weighted by Gasteiger charge is 2.34. The molecule has 9 heteroatoms. The zero-order chi connectivity index (χ0) is 21.2. The maximum atomic E-state index is 13.0. The number of anilines is 2. The Morgan fingerprint density at radius 1 is 1.10 bits per heavy atom. The quantitative estimate of drug-likeness (QED) is 0.767. The summed E-state index contributed by atoms with van der Waals surface area (Å²) in [7, 11) is 0. The van der Waals surface area contributed by atoms with Gasteiger partial charge in [0.05, 0.1) is 16.6 Å². The number of halogens is 4. The van der Waals surface area contributed by atoms with E-state index < -0.39 is 22.8 Å². The first-order chi connectivity index (χ1) is 13.6. The van der Waals surface area contributed by atoms with Crippen molar-refractivity contribution < 1.29 is 23.1 Å². The fraction of sp³-hybridized carbons (Fsp3) is 0.350. The number of hydrogen-bond acceptors (Lipinski definition) is 4. The second-order valence-corrected chi connectivity index (χ2v) is 7.30. The molecular weight excluding hydrogens is 407 g/mol. The third-order valence-electron chi connectivity index (χ3n) is 5.00. The number of nitrogens with zero attached hydrogens (tertiary/aromatic N) is 2. The summed E-state index contributed by atoms with van der Waals surface area (Å²) in [5.74, 6) is -0.174. The van der Waals surface area contributed by atoms with Crippen LogP contribution >= 0.6 is 11.6 Å². The van der Waals surface area contributed by atoms with Crippen LogP contribution in [0.3, 0.4) is 0 Å². The minimum Gasteiger partial charge on any atom is -0.508 e. The van der Waals surface area contributed by atoms with Gasteiger partial charge in [0, 0.05) is 37.6 Å². The first-order valence-corrected chi connectivity index (χ1v) is 9.48. The van der Waals surface area contributed by atoms with Crippen LogP contribution in [0, 0.1) is 0 Å². The number of piperazine rings is 1. The fourth-order valence-corrected chi connectivity index (χ4v) is 3.49. The number of rotatable bonds is 4. The van der Waals surface area contributed by atoms with Crippen LogP contribution < -0.4 is 10.2 Å². The molecule has 0 spiro atoms. The summed E-state index contributed by atoms with van der Waals surface area (Å²) in [6.45, 7) is 4.38. The number of hydrogen-bond donors (Lipinski definition) is 2. The van der Waals surface area contributed by atoms with Crippen LogP contribution in [0.2, 0.25) is 5.02 Å². The standard InChI is InChI=1S/C20H21ClF3N3O2/c1-13(19(29)25-14-2-7-18(21)17(12-14)20(22,23)24)26-8-10-27(11-9-26)15-3-5-16(28)6-4-15/h2-7,12-13,28H,8-11H2,1H3,(H,25,29). The van der Waals surface area contributed by atoms with E-state index in [1.165, 1.54) is 6.07 Å². The summed E-state index contributed by atoms with van der Waals surface area (Å²) in [6.07, 6.45) is -4.59. The lowest BCUT2D eigenvalue weighted by atomic mass is 10.1. The van der Waals surface area contributed by atoms with Gasteiger partial charge in [-0.15, -0.1) is 0 Å². The molecule has 1 aliphatic rings. The van der Waals surface area contributed by atoms with Gasteiger partial charge < -0.3 is 15.3 Å². The molecule has 0 radical (unpaired) electrons. The lowest BCUT2D eigenvalue weighted by Gasteiger charge is -2.38. The average molecular weight is 428 g/mol. The van der Waals surface area contributed by atoms with E-state index in [9.17, 15) is 23.1 Å². The van der Waals surface area contributed by atoms with E-state index in [-0.39, 0.29) is 17.3 Å². The summed E-state index contributed by atoms with van der Waals surface area (Å²) in [6, 6.07) is 9.74. The molecule has 1 saturated heterocycles. The molecule has 2 N–H and O–H groups in total. The molecule has 1 unspecified atom stereocenters. The van der Waals surface area contributed by atoms with Crippen LogP contribution in [0.15, 0.2) is 42.5 Å². The van der Waals surface area contributed by atoms with Gasteiger partial charge in [-0.2, -0.15) is 13.2 Å². The number of alkyl halides is 3. The van der Waals surface area contributed by atoms with E-state index in [2.05, 4.69) is 10.2 Å². The van der Waals surface area contributed by atoms with Crippen molar-refractivity contribution in [1.29, 1.82) is 0 Å². The van der Waals surface area contributed by atoms with Gasteiger partial charge in [-0.25, -0.2) is 0 Å². The van der Waals surface area contributed by atoms with Crippen molar-refractivity contribution in [3.05, 3.63) is 53.1 Å². The van der Waals surface area contributed by atoms with E-state index >= 15 is 0 Å². The highest BCUT2D eigenvalue weighted by atomic mass is 35.5. The fourth-order valence-electron chi connectivity index (χ4n) is 3.26. The zero-order valence-electron chi connectivity index (χ0n) is 15.7. The minimum atomic E-state index is -4.59. The second-order valence-electron chi connectivity index (χ2n) is 6.90. The van der Waals surface area contributed by atoms with E-state index in [1.54, 1.807) is 19.1 Å². The Hall–Kier alpha value is -2.45. The van der Waals surface area contributed by atoms with Gasteiger partial charge in [0.25, 0.3) is 0 Å². The third-order valence-corrected chi connectivity index (χ3v) is 5.33. The molecule has 156 valence electrons. The van der Waals surface area contributed by atoms with Crippen molar-refractivity contribution in [2.24, 2.45) is 0 Å². The molecule has 1 atom stereocenters. The molecule has 1 amide bonds. The number of amides is 1. The Labute approximate surface area is 171 Å². The molecule has 0 aromatic heterocycles. The average Bonchev–Trinajstić information content (AvgIpc) is 2.68. The first kappa shape index (κ1) is 21.3. The van der Waals surface area contributed by atoms with Gasteiger partial charge in [0.2, 0.25) is 5.91 Å². The lowest BCUT2D eigenvalue weighted by molar-refractivity contribution is -0.137. The number of nitrogens with one attached hydrogen (secondary N) is 1. The van der Waals surface area contributed by atoms with Crippen molar-refractivity contribution in [3.8, 4) is 5.75 Å². The van der Waals surface area contributed by atoms with Crippen molar-refractivity contribution in [2.75, 3.05) is 36.4 Å². The van der Waals surface area contributed by atoms with Crippen LogP contribution in [0.1, 0.15) is 12.5 Å². The van der Waals surface area contributed by atoms with Crippen LogP contribution in [-0.2, 0) is 11.0 Å². The van der Waals surface area contributed by atoms with Crippen LogP contribution in [0.4, 0.5) is 24.5 Å². The number of benzene rings is 2. The van der Waals surface area contributed by atoms with Gasteiger partial charge in [-0.3, -0.25) is 9.69 Å². The Morgan fingerprint density at radius 2 is 1.72 bits per heavy atom. The van der Waals surface area contributed by atoms with Crippen molar-refractivity contribution >= 4 is 28.9 Å². The third kappa shape index (κ3) is 5.13. The molecule has 0 saturated carbocycles. The monoisotopic (exact) mass is 427 g/mol. The van der Waals surface area contributed by atoms with Crippen molar-refractivity contribution in [2.45, 2.75) is 19.1 Å². The molecule has 2 aromatic rings. The Kier molecular flexibility index (Phi) is 6.24. The molecular formula is C20H21ClF3N3O2. The highest BCUT2D eigenvalue weighted by molar-refractivity contribution is 6.31. The summed E-state index contributed by atoms with van der Waals surface area (Å²) in [5.41, 5.74) is 0.0637. The summed E-state index contributed by atoms with van der Waals surface area (Å²) in [5, 5.41) is 11.5. The number of phenolic OH excluding ortho intramolecular Hbond substituents is 1. The molecule has 0 aliphatic carbocycles. The maximum absolute atomic E-state index is 13.0. The van der Waals surface area contributed by atoms with Crippen LogP contribution in [0.25, 0.3) is 0 Å². The Morgan fingerprint density at radius 3 is 2.31 bits per heavy atom. The molecule has 0 bridgehead atoms. The molecule has 1 aliphatic heterocycles. The number of carbonyl (C=O) groups is 1. The molecule has 29 heavy (non-hydrogen) atoms. The largest absolute Gasteiger partial charge is 0.508 e. The predicted octanol–water partition coefficient (Wildman–Crippen LogP) is 4.21. The normalized spacial score (nSPS) is 16.5. The molecule has 1 heterocycles. The Bertz CT molecular complexity index is 866. The van der Waals surface area contributed by atoms with E-state index in [0.717, 1.165) is 17.8 Å². The topological polar surface area (TPSA) is 55.8 Å². The van der Waals surface area contributed by atoms with Crippen molar-refractivity contribution in [3.63, 3.8) is 0 Å². The number of carbonyl (C=O) groups excluding carboxylic acids is 1. The smallest absolute Gasteiger partial charge is 0.417 e. The molecule has 2 aromatic carbocycles. The molecule has 1 fully saturated rings. The molecule has 3 rings (SSSR count).